The molecule has 0 aliphatic heterocycles. The summed E-state index contributed by atoms with van der Waals surface area (Å²) in [6, 6.07) is 8.72. The number of aryl methyl sites for hydroxylation is 1. The van der Waals surface area contributed by atoms with Gasteiger partial charge in [0.05, 0.1) is 12.1 Å². The fraction of sp³-hybridized carbons (Fsp3) is 0.125. The van der Waals surface area contributed by atoms with Crippen LogP contribution < -0.4 is 5.63 Å². The third-order valence-electron chi connectivity index (χ3n) is 3.18. The summed E-state index contributed by atoms with van der Waals surface area (Å²) in [5.74, 6) is 0.0474. The third-order valence-corrected chi connectivity index (χ3v) is 4.04. The fourth-order valence-corrected chi connectivity index (χ4v) is 2.79. The van der Waals surface area contributed by atoms with Gasteiger partial charge >= 0.3 is 5.63 Å². The number of aliphatic imine (C=N–C) groups is 1. The molecule has 0 bridgehead atoms. The fourth-order valence-electron chi connectivity index (χ4n) is 2.15. The van der Waals surface area contributed by atoms with E-state index in [4.69, 9.17) is 4.42 Å². The largest absolute Gasteiger partial charge is 0.507 e. The summed E-state index contributed by atoms with van der Waals surface area (Å²) < 4.78 is 5.24. The zero-order valence-corrected chi connectivity index (χ0v) is 12.2. The van der Waals surface area contributed by atoms with Crippen molar-refractivity contribution in [1.29, 1.82) is 0 Å². The minimum absolute atomic E-state index is 0.0474. The number of thiophene rings is 1. The lowest BCUT2D eigenvalue weighted by Crippen LogP contribution is -2.00. The lowest BCUT2D eigenvalue weighted by atomic mass is 10.1. The number of benzene rings is 1. The first-order chi connectivity index (χ1) is 10.1. The highest BCUT2D eigenvalue weighted by molar-refractivity contribution is 7.09. The van der Waals surface area contributed by atoms with Crippen LogP contribution in [0.15, 0.2) is 49.9 Å². The topological polar surface area (TPSA) is 62.8 Å². The summed E-state index contributed by atoms with van der Waals surface area (Å²) in [6.45, 7) is 2.37. The van der Waals surface area contributed by atoms with Gasteiger partial charge in [0.15, 0.2) is 5.58 Å². The SMILES string of the molecule is Cc1cc(=O)oc2c(C=NCc3cccs3)c(O)ccc12. The molecule has 5 heteroatoms. The molecule has 4 nitrogen and oxygen atoms in total. The molecule has 2 aromatic heterocycles. The number of phenols is 1. The number of rotatable bonds is 3. The highest BCUT2D eigenvalue weighted by Crippen LogP contribution is 2.26. The Morgan fingerprint density at radius 2 is 2.24 bits per heavy atom. The number of phenolic OH excluding ortho intramolecular Hbond substituents is 1. The molecule has 3 aromatic rings. The van der Waals surface area contributed by atoms with Gasteiger partial charge in [-0.25, -0.2) is 4.79 Å². The minimum Gasteiger partial charge on any atom is -0.507 e. The molecule has 1 aromatic carbocycles. The van der Waals surface area contributed by atoms with E-state index in [1.807, 2.05) is 24.4 Å². The third kappa shape index (κ3) is 2.73. The first kappa shape index (κ1) is 13.6. The summed E-state index contributed by atoms with van der Waals surface area (Å²) in [5.41, 5.74) is 1.19. The van der Waals surface area contributed by atoms with Crippen molar-refractivity contribution in [3.05, 3.63) is 62.1 Å². The van der Waals surface area contributed by atoms with Crippen LogP contribution in [0, 0.1) is 6.92 Å². The Kier molecular flexibility index (Phi) is 3.58. The summed E-state index contributed by atoms with van der Waals surface area (Å²) in [7, 11) is 0. The molecule has 21 heavy (non-hydrogen) atoms. The Balaban J connectivity index is 2.06. The Morgan fingerprint density at radius 1 is 1.38 bits per heavy atom. The van der Waals surface area contributed by atoms with E-state index in [1.54, 1.807) is 29.7 Å². The number of fused-ring (bicyclic) bond motifs is 1. The van der Waals surface area contributed by atoms with Crippen molar-refractivity contribution in [1.82, 2.24) is 0 Å². The predicted molar refractivity (Wildman–Crippen MR) is 84.5 cm³/mol. The van der Waals surface area contributed by atoms with Crippen LogP contribution >= 0.6 is 11.3 Å². The van der Waals surface area contributed by atoms with E-state index in [1.165, 1.54) is 6.07 Å². The highest BCUT2D eigenvalue weighted by Gasteiger charge is 2.10. The van der Waals surface area contributed by atoms with E-state index >= 15 is 0 Å². The molecular weight excluding hydrogens is 286 g/mol. The maximum absolute atomic E-state index is 11.5. The second-order valence-electron chi connectivity index (χ2n) is 4.67. The normalized spacial score (nSPS) is 11.5. The van der Waals surface area contributed by atoms with Gasteiger partial charge in [-0.05, 0) is 36.1 Å². The monoisotopic (exact) mass is 299 g/mol. The lowest BCUT2D eigenvalue weighted by Gasteiger charge is -2.05. The molecule has 1 N–H and O–H groups in total. The van der Waals surface area contributed by atoms with Gasteiger partial charge in [-0.15, -0.1) is 11.3 Å². The first-order valence-electron chi connectivity index (χ1n) is 6.44. The smallest absolute Gasteiger partial charge is 0.336 e. The standard InChI is InChI=1S/C16H13NO3S/c1-10-7-15(19)20-16-12(10)4-5-14(18)13(16)9-17-8-11-3-2-6-21-11/h2-7,9,18H,8H2,1H3. The zero-order chi connectivity index (χ0) is 14.8. The average Bonchev–Trinajstić information content (AvgIpc) is 2.94. The van der Waals surface area contributed by atoms with Crippen molar-refractivity contribution in [2.75, 3.05) is 0 Å². The number of hydrogen-bond acceptors (Lipinski definition) is 5. The highest BCUT2D eigenvalue weighted by atomic mass is 32.1. The van der Waals surface area contributed by atoms with Crippen LogP contribution in [0.4, 0.5) is 0 Å². The molecule has 0 radical (unpaired) electrons. The predicted octanol–water partition coefficient (Wildman–Crippen LogP) is 3.49. The molecule has 0 spiro atoms. The quantitative estimate of drug-likeness (QED) is 0.595. The minimum atomic E-state index is -0.432. The Bertz CT molecular complexity index is 863. The Hall–Kier alpha value is -2.40. The molecule has 0 aliphatic carbocycles. The maximum Gasteiger partial charge on any atom is 0.336 e. The molecular formula is C16H13NO3S. The summed E-state index contributed by atoms with van der Waals surface area (Å²) in [6.07, 6.45) is 1.56. The number of hydrogen-bond donors (Lipinski definition) is 1. The van der Waals surface area contributed by atoms with Gasteiger partial charge < -0.3 is 9.52 Å². The van der Waals surface area contributed by atoms with Crippen LogP contribution in [-0.2, 0) is 6.54 Å². The second-order valence-corrected chi connectivity index (χ2v) is 5.70. The van der Waals surface area contributed by atoms with Crippen LogP contribution in [0.5, 0.6) is 5.75 Å². The molecule has 2 heterocycles. The molecule has 3 rings (SSSR count). The van der Waals surface area contributed by atoms with Crippen molar-refractivity contribution in [2.45, 2.75) is 13.5 Å². The summed E-state index contributed by atoms with van der Waals surface area (Å²) in [4.78, 5) is 17.0. The molecule has 106 valence electrons. The van der Waals surface area contributed by atoms with Crippen LogP contribution in [0.2, 0.25) is 0 Å². The van der Waals surface area contributed by atoms with Crippen molar-refractivity contribution in [3.8, 4) is 5.75 Å². The van der Waals surface area contributed by atoms with Gasteiger partial charge in [0.1, 0.15) is 5.75 Å². The van der Waals surface area contributed by atoms with Crippen LogP contribution in [0.3, 0.4) is 0 Å². The van der Waals surface area contributed by atoms with Gasteiger partial charge in [0, 0.05) is 22.5 Å². The molecule has 0 atom stereocenters. The van der Waals surface area contributed by atoms with E-state index in [0.29, 0.717) is 17.7 Å². The van der Waals surface area contributed by atoms with E-state index < -0.39 is 5.63 Å². The first-order valence-corrected chi connectivity index (χ1v) is 7.32. The van der Waals surface area contributed by atoms with Crippen LogP contribution in [-0.4, -0.2) is 11.3 Å². The van der Waals surface area contributed by atoms with E-state index in [-0.39, 0.29) is 5.75 Å². The average molecular weight is 299 g/mol. The van der Waals surface area contributed by atoms with Crippen molar-refractivity contribution >= 4 is 28.5 Å². The number of aromatic hydroxyl groups is 1. The molecule has 0 saturated carbocycles. The summed E-state index contributed by atoms with van der Waals surface area (Å²) in [5, 5.41) is 12.8. The van der Waals surface area contributed by atoms with Gasteiger partial charge in [-0.3, -0.25) is 4.99 Å². The van der Waals surface area contributed by atoms with Gasteiger partial charge in [-0.1, -0.05) is 6.07 Å². The molecule has 0 aliphatic rings. The van der Waals surface area contributed by atoms with Crippen molar-refractivity contribution in [3.63, 3.8) is 0 Å². The van der Waals surface area contributed by atoms with Crippen molar-refractivity contribution < 1.29 is 9.52 Å². The molecule has 0 fully saturated rings. The van der Waals surface area contributed by atoms with E-state index in [9.17, 15) is 9.90 Å². The Morgan fingerprint density at radius 3 is 3.00 bits per heavy atom. The van der Waals surface area contributed by atoms with Gasteiger partial charge in [-0.2, -0.15) is 0 Å². The molecule has 0 unspecified atom stereocenters. The summed E-state index contributed by atoms with van der Waals surface area (Å²) >= 11 is 1.62. The van der Waals surface area contributed by atoms with Crippen LogP contribution in [0.1, 0.15) is 16.0 Å². The van der Waals surface area contributed by atoms with Gasteiger partial charge in [0.2, 0.25) is 0 Å². The number of nitrogens with zero attached hydrogens (tertiary/aromatic N) is 1. The molecule has 0 amide bonds. The van der Waals surface area contributed by atoms with E-state index in [2.05, 4.69) is 4.99 Å². The maximum atomic E-state index is 11.5. The molecule has 0 saturated heterocycles. The Labute approximate surface area is 125 Å². The zero-order valence-electron chi connectivity index (χ0n) is 11.4. The van der Waals surface area contributed by atoms with Crippen molar-refractivity contribution in [2.24, 2.45) is 4.99 Å². The lowest BCUT2D eigenvalue weighted by molar-refractivity contribution is 0.472. The van der Waals surface area contributed by atoms with E-state index in [0.717, 1.165) is 15.8 Å². The van der Waals surface area contributed by atoms with Gasteiger partial charge in [0.25, 0.3) is 0 Å². The van der Waals surface area contributed by atoms with Crippen LogP contribution in [0.25, 0.3) is 11.0 Å². The second kappa shape index (κ2) is 5.54.